The summed E-state index contributed by atoms with van der Waals surface area (Å²) in [6.45, 7) is 8.15. The lowest BCUT2D eigenvalue weighted by molar-refractivity contribution is 0.0696. The standard InChI is InChI=1S/C22H29N3O2/c1-23(17-19-6-3-2-4-7-19)10-11-24-12-14-25(15-13-24)18-20-8-5-9-21(16-20)22(26)27/h2-9,16H,10-15,17-18H2,1H3,(H,26,27). The van der Waals surface area contributed by atoms with Crippen molar-refractivity contribution in [3.63, 3.8) is 0 Å². The zero-order valence-electron chi connectivity index (χ0n) is 16.1. The zero-order chi connectivity index (χ0) is 19.1. The molecule has 1 aliphatic rings. The van der Waals surface area contributed by atoms with Gasteiger partial charge in [-0.05, 0) is 30.3 Å². The summed E-state index contributed by atoms with van der Waals surface area (Å²) in [4.78, 5) is 18.4. The van der Waals surface area contributed by atoms with Gasteiger partial charge in [0.2, 0.25) is 0 Å². The second-order valence-electron chi connectivity index (χ2n) is 7.35. The molecule has 0 amide bonds. The Morgan fingerprint density at radius 3 is 2.33 bits per heavy atom. The Balaban J connectivity index is 1.39. The number of benzene rings is 2. The fourth-order valence-electron chi connectivity index (χ4n) is 3.52. The van der Waals surface area contributed by atoms with Gasteiger partial charge in [-0.1, -0.05) is 42.5 Å². The Morgan fingerprint density at radius 2 is 1.63 bits per heavy atom. The van der Waals surface area contributed by atoms with E-state index in [0.717, 1.165) is 57.9 Å². The lowest BCUT2D eigenvalue weighted by Crippen LogP contribution is -2.47. The number of rotatable bonds is 8. The van der Waals surface area contributed by atoms with Gasteiger partial charge in [0.05, 0.1) is 5.56 Å². The lowest BCUT2D eigenvalue weighted by atomic mass is 10.1. The maximum atomic E-state index is 11.1. The minimum Gasteiger partial charge on any atom is -0.478 e. The lowest BCUT2D eigenvalue weighted by Gasteiger charge is -2.35. The molecule has 3 rings (SSSR count). The van der Waals surface area contributed by atoms with Gasteiger partial charge in [0.15, 0.2) is 0 Å². The van der Waals surface area contributed by atoms with E-state index in [1.54, 1.807) is 12.1 Å². The largest absolute Gasteiger partial charge is 0.478 e. The Hall–Kier alpha value is -2.21. The van der Waals surface area contributed by atoms with E-state index >= 15 is 0 Å². The van der Waals surface area contributed by atoms with Crippen molar-refractivity contribution in [2.75, 3.05) is 46.3 Å². The van der Waals surface area contributed by atoms with Crippen molar-refractivity contribution in [1.82, 2.24) is 14.7 Å². The van der Waals surface area contributed by atoms with Gasteiger partial charge < -0.3 is 10.0 Å². The molecular formula is C22H29N3O2. The molecule has 1 saturated heterocycles. The predicted molar refractivity (Wildman–Crippen MR) is 108 cm³/mol. The van der Waals surface area contributed by atoms with Crippen molar-refractivity contribution in [3.05, 3.63) is 71.3 Å². The molecule has 144 valence electrons. The Labute approximate surface area is 161 Å². The van der Waals surface area contributed by atoms with Crippen LogP contribution in [-0.4, -0.2) is 72.1 Å². The average Bonchev–Trinajstić information content (AvgIpc) is 2.68. The highest BCUT2D eigenvalue weighted by molar-refractivity contribution is 5.87. The summed E-state index contributed by atoms with van der Waals surface area (Å²) in [5.41, 5.74) is 2.80. The summed E-state index contributed by atoms with van der Waals surface area (Å²) in [5.74, 6) is -0.860. The maximum absolute atomic E-state index is 11.1. The molecular weight excluding hydrogens is 338 g/mol. The van der Waals surface area contributed by atoms with Crippen LogP contribution in [0.25, 0.3) is 0 Å². The summed E-state index contributed by atoms with van der Waals surface area (Å²) in [6.07, 6.45) is 0. The van der Waals surface area contributed by atoms with Crippen molar-refractivity contribution in [2.24, 2.45) is 0 Å². The molecule has 27 heavy (non-hydrogen) atoms. The molecule has 0 bridgehead atoms. The quantitative estimate of drug-likeness (QED) is 0.777. The first kappa shape index (κ1) is 19.5. The van der Waals surface area contributed by atoms with Crippen molar-refractivity contribution < 1.29 is 9.90 Å². The SMILES string of the molecule is CN(CCN1CCN(Cc2cccc(C(=O)O)c2)CC1)Cc1ccccc1. The molecule has 1 aliphatic heterocycles. The first-order valence-electron chi connectivity index (χ1n) is 9.59. The number of hydrogen-bond acceptors (Lipinski definition) is 4. The molecule has 0 radical (unpaired) electrons. The van der Waals surface area contributed by atoms with Gasteiger partial charge in [0.25, 0.3) is 0 Å². The second-order valence-corrected chi connectivity index (χ2v) is 7.35. The molecule has 5 heteroatoms. The molecule has 1 fully saturated rings. The molecule has 0 aliphatic carbocycles. The van der Waals surface area contributed by atoms with E-state index in [9.17, 15) is 4.79 Å². The normalized spacial score (nSPS) is 15.9. The first-order valence-corrected chi connectivity index (χ1v) is 9.59. The fourth-order valence-corrected chi connectivity index (χ4v) is 3.52. The summed E-state index contributed by atoms with van der Waals surface area (Å²) >= 11 is 0. The Kier molecular flexibility index (Phi) is 6.98. The van der Waals surface area contributed by atoms with Crippen LogP contribution in [0.5, 0.6) is 0 Å². The number of aromatic carboxylic acids is 1. The van der Waals surface area contributed by atoms with Crippen LogP contribution in [0.15, 0.2) is 54.6 Å². The van der Waals surface area contributed by atoms with Crippen LogP contribution in [0.4, 0.5) is 0 Å². The van der Waals surface area contributed by atoms with E-state index in [4.69, 9.17) is 5.11 Å². The van der Waals surface area contributed by atoms with E-state index in [0.29, 0.717) is 5.56 Å². The highest BCUT2D eigenvalue weighted by Gasteiger charge is 2.17. The van der Waals surface area contributed by atoms with E-state index in [-0.39, 0.29) is 0 Å². The number of hydrogen-bond donors (Lipinski definition) is 1. The third-order valence-corrected chi connectivity index (χ3v) is 5.14. The van der Waals surface area contributed by atoms with Gasteiger partial charge in [-0.2, -0.15) is 0 Å². The highest BCUT2D eigenvalue weighted by Crippen LogP contribution is 2.11. The molecule has 0 atom stereocenters. The molecule has 2 aromatic rings. The number of likely N-dealkylation sites (N-methyl/N-ethyl adjacent to an activating group) is 1. The predicted octanol–water partition coefficient (Wildman–Crippen LogP) is 2.63. The van der Waals surface area contributed by atoms with Crippen LogP contribution in [0.2, 0.25) is 0 Å². The summed E-state index contributed by atoms with van der Waals surface area (Å²) < 4.78 is 0. The third-order valence-electron chi connectivity index (χ3n) is 5.14. The molecule has 2 aromatic carbocycles. The van der Waals surface area contributed by atoms with Crippen LogP contribution in [0.1, 0.15) is 21.5 Å². The van der Waals surface area contributed by atoms with Gasteiger partial charge in [-0.3, -0.25) is 9.80 Å². The second kappa shape index (κ2) is 9.65. The summed E-state index contributed by atoms with van der Waals surface area (Å²) in [7, 11) is 2.18. The first-order chi connectivity index (χ1) is 13.1. The minimum atomic E-state index is -0.860. The molecule has 0 aromatic heterocycles. The number of carboxylic acids is 1. The fraction of sp³-hybridized carbons (Fsp3) is 0.409. The molecule has 0 spiro atoms. The number of carboxylic acid groups (broad SMARTS) is 1. The van der Waals surface area contributed by atoms with Gasteiger partial charge in [0, 0.05) is 52.4 Å². The van der Waals surface area contributed by atoms with Crippen molar-refractivity contribution in [1.29, 1.82) is 0 Å². The van der Waals surface area contributed by atoms with Gasteiger partial charge in [-0.15, -0.1) is 0 Å². The van der Waals surface area contributed by atoms with E-state index in [2.05, 4.69) is 52.1 Å². The number of piperazine rings is 1. The Bertz CT molecular complexity index is 727. The molecule has 5 nitrogen and oxygen atoms in total. The highest BCUT2D eigenvalue weighted by atomic mass is 16.4. The number of nitrogens with zero attached hydrogens (tertiary/aromatic N) is 3. The summed E-state index contributed by atoms with van der Waals surface area (Å²) in [5, 5.41) is 9.12. The van der Waals surface area contributed by atoms with E-state index < -0.39 is 5.97 Å². The van der Waals surface area contributed by atoms with Crippen LogP contribution in [0.3, 0.4) is 0 Å². The average molecular weight is 367 g/mol. The van der Waals surface area contributed by atoms with Crippen LogP contribution in [-0.2, 0) is 13.1 Å². The van der Waals surface area contributed by atoms with Crippen LogP contribution >= 0.6 is 0 Å². The molecule has 1 heterocycles. The van der Waals surface area contributed by atoms with Gasteiger partial charge in [-0.25, -0.2) is 4.79 Å². The van der Waals surface area contributed by atoms with Gasteiger partial charge in [0.1, 0.15) is 0 Å². The minimum absolute atomic E-state index is 0.368. The van der Waals surface area contributed by atoms with Crippen molar-refractivity contribution >= 4 is 5.97 Å². The molecule has 0 saturated carbocycles. The molecule has 0 unspecified atom stereocenters. The van der Waals surface area contributed by atoms with Crippen LogP contribution < -0.4 is 0 Å². The maximum Gasteiger partial charge on any atom is 0.335 e. The van der Waals surface area contributed by atoms with E-state index in [1.807, 2.05) is 12.1 Å². The monoisotopic (exact) mass is 367 g/mol. The number of carbonyl (C=O) groups is 1. The summed E-state index contributed by atoms with van der Waals surface area (Å²) in [6, 6.07) is 17.9. The van der Waals surface area contributed by atoms with Crippen LogP contribution in [0, 0.1) is 0 Å². The van der Waals surface area contributed by atoms with E-state index in [1.165, 1.54) is 5.56 Å². The van der Waals surface area contributed by atoms with Gasteiger partial charge >= 0.3 is 5.97 Å². The topological polar surface area (TPSA) is 47.0 Å². The smallest absolute Gasteiger partial charge is 0.335 e. The zero-order valence-corrected chi connectivity index (χ0v) is 16.1. The van der Waals surface area contributed by atoms with Crippen molar-refractivity contribution in [2.45, 2.75) is 13.1 Å². The Morgan fingerprint density at radius 1 is 0.963 bits per heavy atom. The van der Waals surface area contributed by atoms with Crippen molar-refractivity contribution in [3.8, 4) is 0 Å². The third kappa shape index (κ3) is 6.17. The molecule has 1 N–H and O–H groups in total.